The number of nitrogens with zero attached hydrogens (tertiary/aromatic N) is 1. The average Bonchev–Trinajstić information content (AvgIpc) is 2.62. The molecule has 0 aliphatic carbocycles. The van der Waals surface area contributed by atoms with E-state index in [9.17, 15) is 8.78 Å². The van der Waals surface area contributed by atoms with Crippen molar-refractivity contribution in [1.82, 2.24) is 4.90 Å². The highest BCUT2D eigenvalue weighted by atomic mass is 19.1. The molecule has 2 aromatic rings. The highest BCUT2D eigenvalue weighted by Crippen LogP contribution is 2.41. The molecule has 0 aromatic heterocycles. The van der Waals surface area contributed by atoms with Crippen LogP contribution in [0.2, 0.25) is 0 Å². The van der Waals surface area contributed by atoms with Crippen LogP contribution >= 0.6 is 0 Å². The van der Waals surface area contributed by atoms with Gasteiger partial charge in [0.25, 0.3) is 0 Å². The molecule has 128 valence electrons. The lowest BCUT2D eigenvalue weighted by atomic mass is 9.68. The maximum Gasteiger partial charge on any atom is 0.123 e. The van der Waals surface area contributed by atoms with Gasteiger partial charge in [-0.1, -0.05) is 24.3 Å². The van der Waals surface area contributed by atoms with Crippen LogP contribution in [0.5, 0.6) is 0 Å². The Kier molecular flexibility index (Phi) is 5.27. The predicted molar refractivity (Wildman–Crippen MR) is 92.9 cm³/mol. The van der Waals surface area contributed by atoms with Gasteiger partial charge < -0.3 is 10.6 Å². The van der Waals surface area contributed by atoms with Gasteiger partial charge in [-0.2, -0.15) is 0 Å². The Morgan fingerprint density at radius 2 is 1.29 bits per heavy atom. The molecule has 1 saturated heterocycles. The fourth-order valence-corrected chi connectivity index (χ4v) is 3.76. The topological polar surface area (TPSA) is 29.3 Å². The van der Waals surface area contributed by atoms with Crippen molar-refractivity contribution >= 4 is 0 Å². The first-order chi connectivity index (χ1) is 11.6. The summed E-state index contributed by atoms with van der Waals surface area (Å²) < 4.78 is 26.7. The van der Waals surface area contributed by atoms with Gasteiger partial charge in [-0.3, -0.25) is 0 Å². The summed E-state index contributed by atoms with van der Waals surface area (Å²) in [7, 11) is 0. The van der Waals surface area contributed by atoms with Crippen LogP contribution in [0, 0.1) is 11.6 Å². The summed E-state index contributed by atoms with van der Waals surface area (Å²) in [6.45, 7) is 3.65. The van der Waals surface area contributed by atoms with Crippen LogP contribution in [0.4, 0.5) is 8.78 Å². The van der Waals surface area contributed by atoms with Crippen molar-refractivity contribution in [3.05, 3.63) is 71.3 Å². The Balaban J connectivity index is 1.91. The number of hydrogen-bond donors (Lipinski definition) is 1. The summed E-state index contributed by atoms with van der Waals surface area (Å²) in [5.74, 6) is -0.457. The van der Waals surface area contributed by atoms with E-state index in [1.165, 1.54) is 24.3 Å². The summed E-state index contributed by atoms with van der Waals surface area (Å²) in [4.78, 5) is 2.43. The summed E-state index contributed by atoms with van der Waals surface area (Å²) in [6, 6.07) is 13.5. The maximum absolute atomic E-state index is 13.4. The number of likely N-dealkylation sites (tertiary alicyclic amines) is 1. The fraction of sp³-hybridized carbons (Fsp3) is 0.400. The molecule has 1 aliphatic heterocycles. The van der Waals surface area contributed by atoms with Crippen molar-refractivity contribution in [3.8, 4) is 0 Å². The molecule has 2 aromatic carbocycles. The fourth-order valence-electron chi connectivity index (χ4n) is 3.76. The van der Waals surface area contributed by atoms with Crippen molar-refractivity contribution in [3.63, 3.8) is 0 Å². The summed E-state index contributed by atoms with van der Waals surface area (Å²) in [6.07, 6.45) is 2.88. The molecule has 3 rings (SSSR count). The Morgan fingerprint density at radius 3 is 1.71 bits per heavy atom. The number of rotatable bonds is 5. The molecule has 2 N–H and O–H groups in total. The Hall–Kier alpha value is -1.78. The minimum atomic E-state index is -0.228. The molecule has 24 heavy (non-hydrogen) atoms. The largest absolute Gasteiger partial charge is 0.330 e. The molecule has 0 atom stereocenters. The monoisotopic (exact) mass is 330 g/mol. The molecule has 1 heterocycles. The van der Waals surface area contributed by atoms with E-state index in [-0.39, 0.29) is 17.0 Å². The molecule has 0 spiro atoms. The van der Waals surface area contributed by atoms with Crippen LogP contribution in [0.3, 0.4) is 0 Å². The quantitative estimate of drug-likeness (QED) is 0.906. The van der Waals surface area contributed by atoms with E-state index in [1.807, 2.05) is 24.3 Å². The molecule has 0 radical (unpaired) electrons. The first kappa shape index (κ1) is 17.1. The van der Waals surface area contributed by atoms with E-state index in [1.54, 1.807) is 0 Å². The SMILES string of the molecule is NCCCN1CCC(c2ccc(F)cc2)(c2ccc(F)cc2)CC1. The lowest BCUT2D eigenvalue weighted by Crippen LogP contribution is -2.43. The second-order valence-electron chi connectivity index (χ2n) is 6.58. The summed E-state index contributed by atoms with van der Waals surface area (Å²) in [5.41, 5.74) is 7.64. The van der Waals surface area contributed by atoms with E-state index >= 15 is 0 Å². The van der Waals surface area contributed by atoms with Crippen LogP contribution in [-0.4, -0.2) is 31.1 Å². The molecule has 4 heteroatoms. The van der Waals surface area contributed by atoms with Gasteiger partial charge in [0.15, 0.2) is 0 Å². The normalized spacial score (nSPS) is 17.8. The molecular weight excluding hydrogens is 306 g/mol. The van der Waals surface area contributed by atoms with Crippen LogP contribution in [0.25, 0.3) is 0 Å². The zero-order chi connectivity index (χ0) is 17.0. The zero-order valence-electron chi connectivity index (χ0n) is 13.8. The highest BCUT2D eigenvalue weighted by molar-refractivity contribution is 5.40. The van der Waals surface area contributed by atoms with E-state index in [2.05, 4.69) is 4.90 Å². The minimum Gasteiger partial charge on any atom is -0.330 e. The Bertz CT molecular complexity index is 597. The first-order valence-electron chi connectivity index (χ1n) is 8.58. The lowest BCUT2D eigenvalue weighted by molar-refractivity contribution is 0.178. The van der Waals surface area contributed by atoms with E-state index < -0.39 is 0 Å². The molecule has 0 unspecified atom stereocenters. The molecule has 0 saturated carbocycles. The second-order valence-corrected chi connectivity index (χ2v) is 6.58. The summed E-state index contributed by atoms with van der Waals surface area (Å²) >= 11 is 0. The standard InChI is InChI=1S/C20H24F2N2/c21-18-6-2-16(3-7-18)20(17-4-8-19(22)9-5-17)10-14-24(15-11-20)13-1-12-23/h2-9H,1,10-15,23H2. The van der Waals surface area contributed by atoms with Crippen molar-refractivity contribution in [2.24, 2.45) is 5.73 Å². The van der Waals surface area contributed by atoms with Crippen molar-refractivity contribution in [1.29, 1.82) is 0 Å². The van der Waals surface area contributed by atoms with Gasteiger partial charge >= 0.3 is 0 Å². The molecule has 1 aliphatic rings. The van der Waals surface area contributed by atoms with Gasteiger partial charge in [0, 0.05) is 5.41 Å². The van der Waals surface area contributed by atoms with Crippen molar-refractivity contribution in [2.45, 2.75) is 24.7 Å². The third kappa shape index (κ3) is 3.50. The third-order valence-electron chi connectivity index (χ3n) is 5.18. The average molecular weight is 330 g/mol. The Morgan fingerprint density at radius 1 is 0.833 bits per heavy atom. The number of hydrogen-bond acceptors (Lipinski definition) is 2. The van der Waals surface area contributed by atoms with Crippen molar-refractivity contribution < 1.29 is 8.78 Å². The van der Waals surface area contributed by atoms with E-state index in [0.717, 1.165) is 50.0 Å². The first-order valence-corrected chi connectivity index (χ1v) is 8.58. The molecule has 0 bridgehead atoms. The maximum atomic E-state index is 13.4. The molecule has 0 amide bonds. The van der Waals surface area contributed by atoms with Gasteiger partial charge in [-0.25, -0.2) is 8.78 Å². The van der Waals surface area contributed by atoms with Crippen LogP contribution in [-0.2, 0) is 5.41 Å². The predicted octanol–water partition coefficient (Wildman–Crippen LogP) is 3.70. The highest BCUT2D eigenvalue weighted by Gasteiger charge is 2.37. The van der Waals surface area contributed by atoms with Gasteiger partial charge in [0.1, 0.15) is 11.6 Å². The zero-order valence-corrected chi connectivity index (χ0v) is 13.8. The van der Waals surface area contributed by atoms with E-state index in [4.69, 9.17) is 5.73 Å². The van der Waals surface area contributed by atoms with Gasteiger partial charge in [0.05, 0.1) is 0 Å². The molecular formula is C20H24F2N2. The molecule has 1 fully saturated rings. The van der Waals surface area contributed by atoms with Crippen LogP contribution in [0.1, 0.15) is 30.4 Å². The summed E-state index contributed by atoms with van der Waals surface area (Å²) in [5, 5.41) is 0. The number of halogens is 2. The van der Waals surface area contributed by atoms with Gasteiger partial charge in [-0.15, -0.1) is 0 Å². The Labute approximate surface area is 142 Å². The van der Waals surface area contributed by atoms with E-state index in [0.29, 0.717) is 6.54 Å². The number of nitrogens with two attached hydrogens (primary N) is 1. The van der Waals surface area contributed by atoms with Crippen LogP contribution < -0.4 is 5.73 Å². The number of piperidine rings is 1. The minimum absolute atomic E-state index is 0.180. The van der Waals surface area contributed by atoms with Gasteiger partial charge in [-0.05, 0) is 80.8 Å². The van der Waals surface area contributed by atoms with Crippen molar-refractivity contribution in [2.75, 3.05) is 26.2 Å². The third-order valence-corrected chi connectivity index (χ3v) is 5.18. The van der Waals surface area contributed by atoms with Gasteiger partial charge in [0.2, 0.25) is 0 Å². The molecule has 2 nitrogen and oxygen atoms in total. The smallest absolute Gasteiger partial charge is 0.123 e. The second kappa shape index (κ2) is 7.41. The van der Waals surface area contributed by atoms with Crippen LogP contribution in [0.15, 0.2) is 48.5 Å². The number of benzene rings is 2. The lowest BCUT2D eigenvalue weighted by Gasteiger charge is -2.43.